The van der Waals surface area contributed by atoms with Gasteiger partial charge in [0.2, 0.25) is 0 Å². The largest absolute Gasteiger partial charge is 0.481 e. The fourth-order valence-corrected chi connectivity index (χ4v) is 5.48. The first-order chi connectivity index (χ1) is 18.9. The number of hydrogen-bond acceptors (Lipinski definition) is 4. The van der Waals surface area contributed by atoms with Crippen LogP contribution in [0.2, 0.25) is 5.02 Å². The molecule has 2 aliphatic carbocycles. The molecule has 41 heavy (non-hydrogen) atoms. The molecule has 2 aromatic rings. The number of alkyl halides is 6. The molecule has 2 saturated carbocycles. The molecule has 1 amide bonds. The van der Waals surface area contributed by atoms with Gasteiger partial charge in [-0.1, -0.05) is 17.7 Å². The number of halogens is 8. The van der Waals surface area contributed by atoms with Gasteiger partial charge in [0.05, 0.1) is 45.8 Å². The molecule has 1 aromatic heterocycles. The first-order valence-corrected chi connectivity index (χ1v) is 13.0. The van der Waals surface area contributed by atoms with Crippen molar-refractivity contribution >= 4 is 29.3 Å². The van der Waals surface area contributed by atoms with Gasteiger partial charge in [0.1, 0.15) is 5.82 Å². The second-order valence-corrected chi connectivity index (χ2v) is 11.3. The number of amides is 1. The smallest absolute Gasteiger partial charge is 0.433 e. The molecule has 224 valence electrons. The van der Waals surface area contributed by atoms with Crippen molar-refractivity contribution in [2.24, 2.45) is 10.8 Å². The summed E-state index contributed by atoms with van der Waals surface area (Å²) in [4.78, 5) is 38.3. The van der Waals surface area contributed by atoms with Crippen molar-refractivity contribution < 1.29 is 50.2 Å². The molecule has 0 bridgehead atoms. The van der Waals surface area contributed by atoms with Crippen LogP contribution in [0.25, 0.3) is 0 Å². The number of ketones is 1. The van der Waals surface area contributed by atoms with Crippen molar-refractivity contribution in [3.8, 4) is 0 Å². The van der Waals surface area contributed by atoms with Crippen LogP contribution in [0.4, 0.5) is 30.7 Å². The maximum atomic E-state index is 14.4. The lowest BCUT2D eigenvalue weighted by Crippen LogP contribution is -2.44. The van der Waals surface area contributed by atoms with Gasteiger partial charge >= 0.3 is 18.3 Å². The van der Waals surface area contributed by atoms with E-state index in [0.29, 0.717) is 15.8 Å². The Hall–Kier alpha value is -3.16. The van der Waals surface area contributed by atoms with E-state index in [4.69, 9.17) is 11.6 Å². The third-order valence-corrected chi connectivity index (χ3v) is 8.34. The van der Waals surface area contributed by atoms with Gasteiger partial charge in [-0.3, -0.25) is 19.1 Å². The number of carboxylic acid groups (broad SMARTS) is 1. The van der Waals surface area contributed by atoms with Crippen molar-refractivity contribution in [2.75, 3.05) is 13.1 Å². The van der Waals surface area contributed by atoms with Gasteiger partial charge in [-0.15, -0.1) is 0 Å². The molecule has 0 spiro atoms. The van der Waals surface area contributed by atoms with Gasteiger partial charge in [0, 0.05) is 6.54 Å². The standard InChI is InChI=1S/C26H25ClF7N3O4/c1-23(22(40)41)7-5-14(6-8-23)37-20(25(29,30)31)15(11-35-37)21(39)36(13-24(9-10-24)26(32,33)34)12-18(38)19-16(27)3-2-4-17(19)28/h2-4,11,14H,5-10,12-13H2,1H3,(H,40,41). The molecule has 2 aliphatic rings. The minimum atomic E-state index is -5.18. The summed E-state index contributed by atoms with van der Waals surface area (Å²) in [5.74, 6) is -4.94. The Morgan fingerprint density at radius 1 is 1.10 bits per heavy atom. The molecule has 0 unspecified atom stereocenters. The molecule has 4 rings (SSSR count). The van der Waals surface area contributed by atoms with Crippen LogP contribution in [0.15, 0.2) is 24.4 Å². The maximum Gasteiger partial charge on any atom is 0.433 e. The molecular weight excluding hydrogens is 587 g/mol. The van der Waals surface area contributed by atoms with E-state index in [1.807, 2.05) is 0 Å². The van der Waals surface area contributed by atoms with Crippen LogP contribution < -0.4 is 0 Å². The first kappa shape index (κ1) is 30.8. The van der Waals surface area contributed by atoms with Crippen molar-refractivity contribution in [1.29, 1.82) is 0 Å². The number of rotatable bonds is 8. The lowest BCUT2D eigenvalue weighted by atomic mass is 9.74. The summed E-state index contributed by atoms with van der Waals surface area (Å²) in [7, 11) is 0. The number of carbonyl (C=O) groups excluding carboxylic acids is 2. The van der Waals surface area contributed by atoms with Crippen LogP contribution in [0.3, 0.4) is 0 Å². The molecule has 0 atom stereocenters. The van der Waals surface area contributed by atoms with Gasteiger partial charge in [0.25, 0.3) is 5.91 Å². The summed E-state index contributed by atoms with van der Waals surface area (Å²) >= 11 is 5.89. The number of Topliss-reactive ketones (excluding diaryl/α,β-unsaturated/α-hetero) is 1. The number of aliphatic carboxylic acids is 1. The van der Waals surface area contributed by atoms with E-state index < -0.39 is 95.5 Å². The van der Waals surface area contributed by atoms with Crippen molar-refractivity contribution in [3.05, 3.63) is 52.1 Å². The molecule has 0 aliphatic heterocycles. The van der Waals surface area contributed by atoms with Gasteiger partial charge in [-0.05, 0) is 57.6 Å². The summed E-state index contributed by atoms with van der Waals surface area (Å²) in [6, 6.07) is 2.26. The van der Waals surface area contributed by atoms with Crippen LogP contribution >= 0.6 is 11.6 Å². The topological polar surface area (TPSA) is 92.5 Å². The van der Waals surface area contributed by atoms with E-state index in [1.54, 1.807) is 0 Å². The number of carboxylic acids is 1. The second-order valence-electron chi connectivity index (χ2n) is 10.9. The number of aromatic nitrogens is 2. The molecule has 0 saturated heterocycles. The van der Waals surface area contributed by atoms with Crippen molar-refractivity contribution in [3.63, 3.8) is 0 Å². The Morgan fingerprint density at radius 2 is 1.71 bits per heavy atom. The third-order valence-electron chi connectivity index (χ3n) is 8.03. The number of nitrogens with zero attached hydrogens (tertiary/aromatic N) is 3. The highest BCUT2D eigenvalue weighted by molar-refractivity contribution is 6.34. The Balaban J connectivity index is 1.71. The van der Waals surface area contributed by atoms with Gasteiger partial charge < -0.3 is 10.0 Å². The number of benzene rings is 1. The van der Waals surface area contributed by atoms with Gasteiger partial charge in [-0.2, -0.15) is 31.4 Å². The zero-order chi connectivity index (χ0) is 30.5. The van der Waals surface area contributed by atoms with E-state index in [9.17, 15) is 50.2 Å². The molecule has 7 nitrogen and oxygen atoms in total. The Bertz CT molecular complexity index is 1340. The van der Waals surface area contributed by atoms with E-state index >= 15 is 0 Å². The van der Waals surface area contributed by atoms with E-state index in [-0.39, 0.29) is 30.7 Å². The van der Waals surface area contributed by atoms with E-state index in [0.717, 1.165) is 12.1 Å². The summed E-state index contributed by atoms with van der Waals surface area (Å²) < 4.78 is 99.3. The summed E-state index contributed by atoms with van der Waals surface area (Å²) in [5.41, 5.74) is -6.89. The van der Waals surface area contributed by atoms with Crippen molar-refractivity contribution in [1.82, 2.24) is 14.7 Å². The van der Waals surface area contributed by atoms with Crippen LogP contribution in [0.1, 0.15) is 77.9 Å². The Labute approximate surface area is 234 Å². The van der Waals surface area contributed by atoms with E-state index in [1.165, 1.54) is 13.0 Å². The SMILES string of the molecule is CC1(C(=O)O)CCC(n2ncc(C(=O)N(CC(=O)c3c(F)cccc3Cl)CC3(C(F)(F)F)CC3)c2C(F)(F)F)CC1. The van der Waals surface area contributed by atoms with Crippen LogP contribution in [0, 0.1) is 16.6 Å². The minimum absolute atomic E-state index is 0.00758. The highest BCUT2D eigenvalue weighted by Gasteiger charge is 2.64. The summed E-state index contributed by atoms with van der Waals surface area (Å²) in [6.07, 6.45) is -10.2. The monoisotopic (exact) mass is 611 g/mol. The number of hydrogen-bond donors (Lipinski definition) is 1. The Kier molecular flexibility index (Phi) is 7.95. The zero-order valence-electron chi connectivity index (χ0n) is 21.6. The third kappa shape index (κ3) is 5.93. The highest BCUT2D eigenvalue weighted by atomic mass is 35.5. The van der Waals surface area contributed by atoms with Gasteiger partial charge in [0.15, 0.2) is 11.5 Å². The molecular formula is C26H25ClF7N3O4. The minimum Gasteiger partial charge on any atom is -0.481 e. The van der Waals surface area contributed by atoms with Crippen molar-refractivity contribution in [2.45, 2.75) is 63.8 Å². The predicted molar refractivity (Wildman–Crippen MR) is 130 cm³/mol. The van der Waals surface area contributed by atoms with Crippen LogP contribution in [-0.2, 0) is 11.0 Å². The normalized spacial score (nSPS) is 22.3. The molecule has 1 N–H and O–H groups in total. The molecule has 1 heterocycles. The average Bonchev–Trinajstić information content (AvgIpc) is 3.52. The first-order valence-electron chi connectivity index (χ1n) is 12.6. The van der Waals surface area contributed by atoms with Crippen LogP contribution in [-0.4, -0.2) is 56.7 Å². The highest BCUT2D eigenvalue weighted by Crippen LogP contribution is 2.58. The Morgan fingerprint density at radius 3 is 2.20 bits per heavy atom. The fraction of sp³-hybridized carbons (Fsp3) is 0.538. The molecule has 15 heteroatoms. The predicted octanol–water partition coefficient (Wildman–Crippen LogP) is 6.57. The fourth-order valence-electron chi connectivity index (χ4n) is 5.21. The lowest BCUT2D eigenvalue weighted by molar-refractivity contribution is -0.189. The quantitative estimate of drug-likeness (QED) is 0.269. The molecule has 0 radical (unpaired) electrons. The van der Waals surface area contributed by atoms with Crippen LogP contribution in [0.5, 0.6) is 0 Å². The van der Waals surface area contributed by atoms with Gasteiger partial charge in [-0.25, -0.2) is 4.39 Å². The van der Waals surface area contributed by atoms with E-state index in [2.05, 4.69) is 5.10 Å². The average molecular weight is 612 g/mol. The number of carbonyl (C=O) groups is 3. The second kappa shape index (κ2) is 10.6. The lowest BCUT2D eigenvalue weighted by Gasteiger charge is -2.34. The molecule has 1 aromatic carbocycles. The zero-order valence-corrected chi connectivity index (χ0v) is 22.3. The molecule has 2 fully saturated rings. The summed E-state index contributed by atoms with van der Waals surface area (Å²) in [5, 5.41) is 12.8. The summed E-state index contributed by atoms with van der Waals surface area (Å²) in [6.45, 7) is -0.824. The maximum absolute atomic E-state index is 14.4.